The van der Waals surface area contributed by atoms with Gasteiger partial charge in [0.05, 0.1) is 11.6 Å². The Morgan fingerprint density at radius 3 is 2.69 bits per heavy atom. The van der Waals surface area contributed by atoms with Crippen molar-refractivity contribution in [1.82, 2.24) is 4.98 Å². The highest BCUT2D eigenvalue weighted by atomic mass is 16.6. The Morgan fingerprint density at radius 2 is 2.06 bits per heavy atom. The molecule has 6 nitrogen and oxygen atoms in total. The quantitative estimate of drug-likeness (QED) is 0.613. The maximum absolute atomic E-state index is 10.9. The van der Waals surface area contributed by atoms with E-state index in [1.165, 1.54) is 6.07 Å². The van der Waals surface area contributed by atoms with Crippen LogP contribution in [0.1, 0.15) is 10.4 Å². The van der Waals surface area contributed by atoms with Gasteiger partial charge in [-0.3, -0.25) is 0 Å². The number of aromatic nitrogens is 1. The highest BCUT2D eigenvalue weighted by molar-refractivity contribution is 6.03. The van der Waals surface area contributed by atoms with Crippen LogP contribution in [-0.2, 0) is 0 Å². The molecule has 0 saturated carbocycles. The fourth-order valence-corrected chi connectivity index (χ4v) is 1.43. The molecule has 0 radical (unpaired) electrons. The lowest BCUT2D eigenvalue weighted by Crippen LogP contribution is -2.01. The van der Waals surface area contributed by atoms with Crippen molar-refractivity contribution in [3.05, 3.63) is 46.0 Å². The van der Waals surface area contributed by atoms with E-state index >= 15 is 0 Å². The minimum atomic E-state index is -1.21. The molecule has 0 unspecified atom stereocenters. The maximum atomic E-state index is 10.9. The molecule has 0 aliphatic heterocycles. The average Bonchev–Trinajstić information content (AvgIpc) is 2.27. The van der Waals surface area contributed by atoms with E-state index in [0.717, 1.165) is 6.07 Å². The topological polar surface area (TPSA) is 93.3 Å². The molecule has 0 aliphatic carbocycles. The number of nitro groups is 1. The first-order chi connectivity index (χ1) is 7.59. The Hall–Kier alpha value is -2.50. The number of carboxylic acids is 1. The number of carboxylic acid groups (broad SMARTS) is 1. The Balaban J connectivity index is 2.84. The van der Waals surface area contributed by atoms with Crippen molar-refractivity contribution >= 4 is 22.7 Å². The van der Waals surface area contributed by atoms with Gasteiger partial charge in [-0.05, 0) is 22.0 Å². The molecule has 1 aromatic carbocycles. The summed E-state index contributed by atoms with van der Waals surface area (Å²) in [6.07, 6.45) is 0. The van der Waals surface area contributed by atoms with Gasteiger partial charge < -0.3 is 15.2 Å². The van der Waals surface area contributed by atoms with Gasteiger partial charge in [0, 0.05) is 5.39 Å². The summed E-state index contributed by atoms with van der Waals surface area (Å²) in [4.78, 5) is 24.6. The number of benzene rings is 1. The van der Waals surface area contributed by atoms with Crippen LogP contribution in [0.4, 0.5) is 5.82 Å². The molecule has 0 saturated heterocycles. The molecule has 6 heteroatoms. The van der Waals surface area contributed by atoms with Crippen molar-refractivity contribution in [1.29, 1.82) is 0 Å². The van der Waals surface area contributed by atoms with Crippen molar-refractivity contribution in [3.8, 4) is 0 Å². The molecule has 0 spiro atoms. The summed E-state index contributed by atoms with van der Waals surface area (Å²) in [6, 6.07) is 7.36. The van der Waals surface area contributed by atoms with E-state index in [1.54, 1.807) is 18.2 Å². The van der Waals surface area contributed by atoms with Crippen molar-refractivity contribution < 1.29 is 14.8 Å². The van der Waals surface area contributed by atoms with Crippen LogP contribution in [0.25, 0.3) is 10.9 Å². The van der Waals surface area contributed by atoms with Crippen LogP contribution in [0.5, 0.6) is 0 Å². The third-order valence-electron chi connectivity index (χ3n) is 2.12. The Kier molecular flexibility index (Phi) is 2.24. The normalized spacial score (nSPS) is 10.2. The van der Waals surface area contributed by atoms with Gasteiger partial charge in [0.2, 0.25) is 0 Å². The van der Waals surface area contributed by atoms with Gasteiger partial charge in [-0.15, -0.1) is 0 Å². The largest absolute Gasteiger partial charge is 0.478 e. The molecule has 1 aromatic heterocycles. The van der Waals surface area contributed by atoms with Crippen molar-refractivity contribution in [3.63, 3.8) is 0 Å². The molecule has 2 aromatic rings. The molecule has 0 aliphatic rings. The smallest absolute Gasteiger partial charge is 0.364 e. The summed E-state index contributed by atoms with van der Waals surface area (Å²) >= 11 is 0. The van der Waals surface area contributed by atoms with Crippen LogP contribution in [-0.4, -0.2) is 21.0 Å². The summed E-state index contributed by atoms with van der Waals surface area (Å²) < 4.78 is 0. The fourth-order valence-electron chi connectivity index (χ4n) is 1.43. The molecular weight excluding hydrogens is 212 g/mol. The Bertz CT molecular complexity index is 594. The van der Waals surface area contributed by atoms with E-state index in [9.17, 15) is 14.9 Å². The lowest BCUT2D eigenvalue weighted by Gasteiger charge is -1.99. The predicted octanol–water partition coefficient (Wildman–Crippen LogP) is 1.84. The molecule has 80 valence electrons. The first-order valence-corrected chi connectivity index (χ1v) is 4.37. The third-order valence-corrected chi connectivity index (χ3v) is 2.12. The number of rotatable bonds is 2. The zero-order chi connectivity index (χ0) is 11.7. The number of fused-ring (bicyclic) bond motifs is 1. The van der Waals surface area contributed by atoms with Crippen LogP contribution in [0.3, 0.4) is 0 Å². The van der Waals surface area contributed by atoms with Gasteiger partial charge in [-0.1, -0.05) is 12.1 Å². The summed E-state index contributed by atoms with van der Waals surface area (Å²) in [6.45, 7) is 0. The maximum Gasteiger partial charge on any atom is 0.364 e. The van der Waals surface area contributed by atoms with E-state index in [-0.39, 0.29) is 5.56 Å². The molecule has 0 amide bonds. The van der Waals surface area contributed by atoms with Crippen LogP contribution < -0.4 is 0 Å². The summed E-state index contributed by atoms with van der Waals surface area (Å²) in [5, 5.41) is 19.9. The second-order valence-electron chi connectivity index (χ2n) is 3.11. The van der Waals surface area contributed by atoms with Gasteiger partial charge in [0.15, 0.2) is 5.52 Å². The molecule has 1 heterocycles. The number of hydrogen-bond donors (Lipinski definition) is 1. The monoisotopic (exact) mass is 218 g/mol. The molecule has 16 heavy (non-hydrogen) atoms. The zero-order valence-electron chi connectivity index (χ0n) is 7.95. The zero-order valence-corrected chi connectivity index (χ0v) is 7.95. The summed E-state index contributed by atoms with van der Waals surface area (Å²) in [5.74, 6) is -1.67. The van der Waals surface area contributed by atoms with E-state index in [1.807, 2.05) is 0 Å². The van der Waals surface area contributed by atoms with E-state index in [0.29, 0.717) is 10.9 Å². The number of hydrogen-bond acceptors (Lipinski definition) is 4. The van der Waals surface area contributed by atoms with Crippen LogP contribution in [0.15, 0.2) is 30.3 Å². The highest BCUT2D eigenvalue weighted by Crippen LogP contribution is 2.21. The van der Waals surface area contributed by atoms with E-state index in [2.05, 4.69) is 4.98 Å². The van der Waals surface area contributed by atoms with Crippen LogP contribution in [0.2, 0.25) is 0 Å². The molecule has 0 atom stereocenters. The van der Waals surface area contributed by atoms with Crippen molar-refractivity contribution in [2.24, 2.45) is 0 Å². The van der Waals surface area contributed by atoms with Gasteiger partial charge in [0.25, 0.3) is 0 Å². The van der Waals surface area contributed by atoms with Gasteiger partial charge >= 0.3 is 11.8 Å². The lowest BCUT2D eigenvalue weighted by atomic mass is 10.1. The minimum absolute atomic E-state index is 0.114. The van der Waals surface area contributed by atoms with E-state index < -0.39 is 16.7 Å². The second kappa shape index (κ2) is 3.58. The third kappa shape index (κ3) is 1.56. The molecule has 0 bridgehead atoms. The van der Waals surface area contributed by atoms with Crippen LogP contribution in [0, 0.1) is 10.1 Å². The predicted molar refractivity (Wildman–Crippen MR) is 55.4 cm³/mol. The van der Waals surface area contributed by atoms with E-state index in [4.69, 9.17) is 5.11 Å². The standard InChI is InChI=1S/C10H6N2O4/c13-10(14)7-5-9(12(15)16)11-8-4-2-1-3-6(7)8/h1-5H,(H,13,14). The first kappa shape index (κ1) is 10.0. The summed E-state index contributed by atoms with van der Waals surface area (Å²) in [5.41, 5.74) is 0.186. The van der Waals surface area contributed by atoms with Gasteiger partial charge in [-0.2, -0.15) is 0 Å². The molecule has 2 rings (SSSR count). The summed E-state index contributed by atoms with van der Waals surface area (Å²) in [7, 11) is 0. The number of aromatic carboxylic acids is 1. The molecular formula is C10H6N2O4. The first-order valence-electron chi connectivity index (χ1n) is 4.37. The second-order valence-corrected chi connectivity index (χ2v) is 3.11. The fraction of sp³-hybridized carbons (Fsp3) is 0. The minimum Gasteiger partial charge on any atom is -0.478 e. The average molecular weight is 218 g/mol. The lowest BCUT2D eigenvalue weighted by molar-refractivity contribution is -0.389. The Morgan fingerprint density at radius 1 is 1.38 bits per heavy atom. The van der Waals surface area contributed by atoms with Gasteiger partial charge in [-0.25, -0.2) is 4.79 Å². The molecule has 1 N–H and O–H groups in total. The van der Waals surface area contributed by atoms with Crippen LogP contribution >= 0.6 is 0 Å². The highest BCUT2D eigenvalue weighted by Gasteiger charge is 2.18. The van der Waals surface area contributed by atoms with Crippen molar-refractivity contribution in [2.75, 3.05) is 0 Å². The van der Waals surface area contributed by atoms with Gasteiger partial charge in [0.1, 0.15) is 0 Å². The number of nitrogens with zero attached hydrogens (tertiary/aromatic N) is 2. The Labute approximate surface area is 89.3 Å². The molecule has 0 fully saturated rings. The van der Waals surface area contributed by atoms with Crippen molar-refractivity contribution in [2.45, 2.75) is 0 Å². The SMILES string of the molecule is O=C(O)c1cc([N+](=O)[O-])nc2ccccc12. The number of carbonyl (C=O) groups is 1. The number of pyridine rings is 1. The number of para-hydroxylation sites is 1.